The molecule has 0 bridgehead atoms. The molecule has 1 N–H and O–H groups in total. The first kappa shape index (κ1) is 17.4. The topological polar surface area (TPSA) is 49.4 Å². The largest absolute Gasteiger partial charge is 0.511 e. The van der Waals surface area contributed by atoms with Crippen LogP contribution in [0.3, 0.4) is 0 Å². The molecule has 0 saturated carbocycles. The highest BCUT2D eigenvalue weighted by Crippen LogP contribution is 2.32. The zero-order valence-electron chi connectivity index (χ0n) is 14.9. The van der Waals surface area contributed by atoms with Crippen LogP contribution < -0.4 is 5.31 Å². The SMILES string of the molecule is [2H]N1c2ccccc2CN(S(=O)(=O)C(F)(F)F)C[C@@H]1CCc1ccccc1. The van der Waals surface area contributed by atoms with Crippen molar-refractivity contribution in [1.29, 1.82) is 0 Å². The fraction of sp³-hybridized carbons (Fsp3) is 0.333. The van der Waals surface area contributed by atoms with Crippen LogP contribution in [-0.4, -0.2) is 30.8 Å². The summed E-state index contributed by atoms with van der Waals surface area (Å²) in [6, 6.07) is 15.1. The van der Waals surface area contributed by atoms with Crippen molar-refractivity contribution in [3.8, 4) is 0 Å². The Morgan fingerprint density at radius 3 is 2.46 bits per heavy atom. The Morgan fingerprint density at radius 2 is 1.77 bits per heavy atom. The Morgan fingerprint density at radius 1 is 1.12 bits per heavy atom. The standard InChI is InChI=1S/C18H19F3N2O2S/c19-18(20,21)26(24,25)23-12-15-8-4-5-9-17(15)22-16(13-23)11-10-14-6-2-1-3-7-14/h1-9,16,22H,10-13H2/t16-/m0/s1/i/hD. The predicted octanol–water partition coefficient (Wildman–Crippen LogP) is 3.77. The van der Waals surface area contributed by atoms with E-state index in [0.717, 1.165) is 10.9 Å². The number of aryl methyl sites for hydroxylation is 1. The van der Waals surface area contributed by atoms with Crippen molar-refractivity contribution >= 4 is 15.7 Å². The molecule has 8 heteroatoms. The molecule has 0 radical (unpaired) electrons. The van der Waals surface area contributed by atoms with E-state index in [-0.39, 0.29) is 0 Å². The number of sulfonamides is 1. The number of anilines is 1. The van der Waals surface area contributed by atoms with Gasteiger partial charge < -0.3 is 5.31 Å². The first-order valence-corrected chi connectivity index (χ1v) is 9.60. The third-order valence-electron chi connectivity index (χ3n) is 4.32. The number of nitrogens with one attached hydrogen (secondary N) is 1. The second-order valence-electron chi connectivity index (χ2n) is 6.18. The monoisotopic (exact) mass is 385 g/mol. The lowest BCUT2D eigenvalue weighted by atomic mass is 10.0. The zero-order valence-corrected chi connectivity index (χ0v) is 14.7. The van der Waals surface area contributed by atoms with Gasteiger partial charge in [0.05, 0.1) is 0 Å². The Bertz CT molecular complexity index is 891. The van der Waals surface area contributed by atoms with Crippen LogP contribution in [0, 0.1) is 0 Å². The maximum atomic E-state index is 13.1. The van der Waals surface area contributed by atoms with Crippen molar-refractivity contribution in [1.82, 2.24) is 4.31 Å². The van der Waals surface area contributed by atoms with Crippen LogP contribution >= 0.6 is 0 Å². The minimum Gasteiger partial charge on any atom is -0.381 e. The summed E-state index contributed by atoms with van der Waals surface area (Å²) in [7, 11) is -5.48. The van der Waals surface area contributed by atoms with Gasteiger partial charge in [-0.1, -0.05) is 48.5 Å². The Hall–Kier alpha value is -2.06. The van der Waals surface area contributed by atoms with Gasteiger partial charge in [-0.05, 0) is 30.0 Å². The molecular weight excluding hydrogens is 365 g/mol. The van der Waals surface area contributed by atoms with Gasteiger partial charge in [-0.2, -0.15) is 17.5 Å². The number of halogens is 3. The van der Waals surface area contributed by atoms with Crippen molar-refractivity contribution < 1.29 is 23.0 Å². The van der Waals surface area contributed by atoms with Gasteiger partial charge in [-0.3, -0.25) is 0 Å². The fourth-order valence-electron chi connectivity index (χ4n) is 2.96. The van der Waals surface area contributed by atoms with Crippen LogP contribution in [0.15, 0.2) is 54.6 Å². The quantitative estimate of drug-likeness (QED) is 0.872. The molecule has 1 atom stereocenters. The Labute approximate surface area is 152 Å². The van der Waals surface area contributed by atoms with Crippen LogP contribution in [0.4, 0.5) is 18.9 Å². The summed E-state index contributed by atoms with van der Waals surface area (Å²) in [4.78, 5) is 0. The number of hydrogen-bond acceptors (Lipinski definition) is 3. The van der Waals surface area contributed by atoms with Crippen molar-refractivity contribution in [3.63, 3.8) is 0 Å². The van der Waals surface area contributed by atoms with Gasteiger partial charge in [-0.15, -0.1) is 0 Å². The van der Waals surface area contributed by atoms with Gasteiger partial charge in [0.2, 0.25) is 0 Å². The fourth-order valence-corrected chi connectivity index (χ4v) is 3.93. The molecule has 2 aromatic carbocycles. The number of rotatable bonds is 4. The molecule has 0 unspecified atom stereocenters. The van der Waals surface area contributed by atoms with E-state index in [1.165, 1.54) is 0 Å². The van der Waals surface area contributed by atoms with Crippen LogP contribution in [0.25, 0.3) is 0 Å². The minimum absolute atomic E-state index is 0.353. The van der Waals surface area contributed by atoms with Crippen LogP contribution in [0.1, 0.15) is 17.5 Å². The van der Waals surface area contributed by atoms with Gasteiger partial charge in [0.15, 0.2) is 1.41 Å². The summed E-state index contributed by atoms with van der Waals surface area (Å²) in [6.45, 7) is -0.803. The van der Waals surface area contributed by atoms with E-state index >= 15 is 0 Å². The van der Waals surface area contributed by atoms with Gasteiger partial charge >= 0.3 is 15.5 Å². The lowest BCUT2D eigenvalue weighted by Crippen LogP contribution is -2.44. The molecule has 0 amide bonds. The highest BCUT2D eigenvalue weighted by atomic mass is 32.2. The van der Waals surface area contributed by atoms with Gasteiger partial charge in [0.25, 0.3) is 0 Å². The van der Waals surface area contributed by atoms with E-state index in [0.29, 0.717) is 28.4 Å². The molecule has 1 heterocycles. The van der Waals surface area contributed by atoms with Gasteiger partial charge in [0.1, 0.15) is 0 Å². The Balaban J connectivity index is 1.92. The normalized spacial score (nSPS) is 19.6. The maximum absolute atomic E-state index is 13.1. The zero-order chi connectivity index (χ0) is 19.7. The number of fused-ring (bicyclic) bond motifs is 1. The highest BCUT2D eigenvalue weighted by molar-refractivity contribution is 7.89. The second-order valence-corrected chi connectivity index (χ2v) is 8.11. The molecule has 0 fully saturated rings. The number of para-hydroxylation sites is 1. The smallest absolute Gasteiger partial charge is 0.381 e. The third kappa shape index (κ3) is 4.02. The Kier molecular flexibility index (Phi) is 4.86. The summed E-state index contributed by atoms with van der Waals surface area (Å²) in [5.41, 5.74) is -3.59. The molecule has 140 valence electrons. The molecule has 2 aromatic rings. The molecule has 0 spiro atoms. The van der Waals surface area contributed by atoms with Crippen LogP contribution in [0.5, 0.6) is 0 Å². The third-order valence-corrected chi connectivity index (χ3v) is 5.86. The lowest BCUT2D eigenvalue weighted by molar-refractivity contribution is -0.0491. The molecule has 0 aromatic heterocycles. The van der Waals surface area contributed by atoms with Gasteiger partial charge in [0, 0.05) is 24.8 Å². The first-order valence-electron chi connectivity index (χ1n) is 8.61. The second kappa shape index (κ2) is 7.28. The molecule has 3 rings (SSSR count). The van der Waals surface area contributed by atoms with E-state index in [4.69, 9.17) is 1.41 Å². The molecular formula is C18H19F3N2O2S. The molecule has 4 nitrogen and oxygen atoms in total. The van der Waals surface area contributed by atoms with E-state index in [1.54, 1.807) is 24.3 Å². The summed E-state index contributed by atoms with van der Waals surface area (Å²) >= 11 is 0. The molecule has 0 saturated heterocycles. The lowest BCUT2D eigenvalue weighted by Gasteiger charge is -2.25. The molecule has 0 aliphatic carbocycles. The molecule has 1 aliphatic rings. The predicted molar refractivity (Wildman–Crippen MR) is 94.0 cm³/mol. The summed E-state index contributed by atoms with van der Waals surface area (Å²) < 4.78 is 72.2. The van der Waals surface area contributed by atoms with Gasteiger partial charge in [-0.25, -0.2) is 8.42 Å². The van der Waals surface area contributed by atoms with E-state index in [2.05, 4.69) is 0 Å². The van der Waals surface area contributed by atoms with E-state index < -0.39 is 34.7 Å². The highest BCUT2D eigenvalue weighted by Gasteiger charge is 2.50. The van der Waals surface area contributed by atoms with Crippen molar-refractivity contribution in [2.24, 2.45) is 0 Å². The first-order chi connectivity index (χ1) is 12.7. The molecule has 26 heavy (non-hydrogen) atoms. The van der Waals surface area contributed by atoms with E-state index in [9.17, 15) is 21.6 Å². The average molecular weight is 385 g/mol. The number of nitrogens with zero attached hydrogens (tertiary/aromatic N) is 1. The summed E-state index contributed by atoms with van der Waals surface area (Å²) in [6.07, 6.45) is 0.884. The summed E-state index contributed by atoms with van der Waals surface area (Å²) in [5.74, 6) is 0. The van der Waals surface area contributed by atoms with Crippen molar-refractivity contribution in [2.45, 2.75) is 30.9 Å². The molecule has 1 aliphatic heterocycles. The summed E-state index contributed by atoms with van der Waals surface area (Å²) in [5, 5.41) is 1.14. The van der Waals surface area contributed by atoms with Crippen molar-refractivity contribution in [3.05, 3.63) is 65.7 Å². The maximum Gasteiger partial charge on any atom is 0.511 e. The average Bonchev–Trinajstić information content (AvgIpc) is 2.77. The number of hydrogen-bond donors (Lipinski definition) is 1. The van der Waals surface area contributed by atoms with Crippen LogP contribution in [0.2, 0.25) is 1.41 Å². The minimum atomic E-state index is -5.48. The van der Waals surface area contributed by atoms with E-state index in [1.807, 2.05) is 30.3 Å². The van der Waals surface area contributed by atoms with Crippen LogP contribution in [-0.2, 0) is 23.0 Å². The number of alkyl halides is 3. The number of benzene rings is 2. The van der Waals surface area contributed by atoms with Crippen molar-refractivity contribution in [2.75, 3.05) is 11.9 Å².